The van der Waals surface area contributed by atoms with Crippen molar-refractivity contribution >= 4 is 23.2 Å². The number of benzene rings is 3. The fraction of sp³-hybridized carbons (Fsp3) is 0.120. The minimum atomic E-state index is -0.396. The first kappa shape index (κ1) is 22.4. The molecule has 1 aromatic heterocycles. The summed E-state index contributed by atoms with van der Waals surface area (Å²) in [6.07, 6.45) is 3.23. The largest absolute Gasteiger partial charge is 0.493 e. The molecule has 1 amide bonds. The number of ether oxygens (including phenoxy) is 2. The lowest BCUT2D eigenvalue weighted by Gasteiger charge is -2.11. The minimum Gasteiger partial charge on any atom is -0.493 e. The van der Waals surface area contributed by atoms with Crippen LogP contribution >= 0.6 is 11.6 Å². The number of nitrogens with zero attached hydrogens (tertiary/aromatic N) is 2. The van der Waals surface area contributed by atoms with E-state index >= 15 is 0 Å². The third kappa shape index (κ3) is 5.70. The Morgan fingerprint density at radius 3 is 2.70 bits per heavy atom. The van der Waals surface area contributed by atoms with Gasteiger partial charge in [-0.2, -0.15) is 5.10 Å². The third-order valence-electron chi connectivity index (χ3n) is 4.89. The van der Waals surface area contributed by atoms with Crippen LogP contribution in [-0.4, -0.2) is 22.8 Å². The molecule has 6 nitrogen and oxygen atoms in total. The normalized spacial score (nSPS) is 10.6. The Bertz CT molecular complexity index is 1280. The molecule has 0 spiro atoms. The Labute approximate surface area is 195 Å². The zero-order valence-electron chi connectivity index (χ0n) is 17.8. The molecule has 168 valence electrons. The van der Waals surface area contributed by atoms with Crippen molar-refractivity contribution in [1.82, 2.24) is 9.78 Å². The van der Waals surface area contributed by atoms with Crippen LogP contribution in [0.1, 0.15) is 21.5 Å². The monoisotopic (exact) mass is 465 g/mol. The van der Waals surface area contributed by atoms with Gasteiger partial charge in [-0.1, -0.05) is 41.9 Å². The standard InChI is InChI=1S/C25H21ClFN3O3/c1-32-23-7-2-3-8-24(23)33-16-17-5-4-6-18(11-17)25(31)29-21-13-28-30(15-21)14-19-9-10-20(27)12-22(19)26/h2-13,15H,14,16H2,1H3,(H,29,31). The van der Waals surface area contributed by atoms with E-state index in [1.807, 2.05) is 30.3 Å². The molecule has 0 radical (unpaired) electrons. The molecule has 1 heterocycles. The van der Waals surface area contributed by atoms with Crippen LogP contribution in [0.5, 0.6) is 11.5 Å². The SMILES string of the molecule is COc1ccccc1OCc1cccc(C(=O)Nc2cnn(Cc3ccc(F)cc3Cl)c2)c1. The van der Waals surface area contributed by atoms with Crippen molar-refractivity contribution in [3.63, 3.8) is 0 Å². The molecule has 0 aliphatic rings. The number of anilines is 1. The molecule has 0 saturated heterocycles. The number of para-hydroxylation sites is 2. The summed E-state index contributed by atoms with van der Waals surface area (Å²) in [5, 5.41) is 7.39. The van der Waals surface area contributed by atoms with Gasteiger partial charge in [0.25, 0.3) is 5.91 Å². The predicted octanol–water partition coefficient (Wildman–Crippen LogP) is 5.56. The summed E-state index contributed by atoms with van der Waals surface area (Å²) in [4.78, 5) is 12.7. The molecule has 33 heavy (non-hydrogen) atoms. The molecule has 0 aliphatic carbocycles. The van der Waals surface area contributed by atoms with Crippen LogP contribution in [0.15, 0.2) is 79.1 Å². The Kier molecular flexibility index (Phi) is 6.90. The minimum absolute atomic E-state index is 0.270. The Morgan fingerprint density at radius 1 is 1.09 bits per heavy atom. The van der Waals surface area contributed by atoms with Gasteiger partial charge in [0.1, 0.15) is 12.4 Å². The third-order valence-corrected chi connectivity index (χ3v) is 5.24. The highest BCUT2D eigenvalue weighted by atomic mass is 35.5. The van der Waals surface area contributed by atoms with Crippen molar-refractivity contribution in [2.24, 2.45) is 0 Å². The summed E-state index contributed by atoms with van der Waals surface area (Å²) in [6, 6.07) is 18.8. The molecule has 4 rings (SSSR count). The van der Waals surface area contributed by atoms with Crippen molar-refractivity contribution in [3.8, 4) is 11.5 Å². The lowest BCUT2D eigenvalue weighted by atomic mass is 10.1. The number of nitrogens with one attached hydrogen (secondary N) is 1. The Balaban J connectivity index is 1.39. The maximum absolute atomic E-state index is 13.2. The molecule has 8 heteroatoms. The van der Waals surface area contributed by atoms with Crippen molar-refractivity contribution in [2.45, 2.75) is 13.2 Å². The van der Waals surface area contributed by atoms with E-state index in [0.717, 1.165) is 11.1 Å². The lowest BCUT2D eigenvalue weighted by Crippen LogP contribution is -2.12. The second kappa shape index (κ2) is 10.2. The van der Waals surface area contributed by atoms with Gasteiger partial charge in [0.2, 0.25) is 0 Å². The van der Waals surface area contributed by atoms with Crippen molar-refractivity contribution < 1.29 is 18.7 Å². The van der Waals surface area contributed by atoms with Crippen LogP contribution < -0.4 is 14.8 Å². The summed E-state index contributed by atoms with van der Waals surface area (Å²) in [5.41, 5.74) is 2.59. The smallest absolute Gasteiger partial charge is 0.255 e. The van der Waals surface area contributed by atoms with Gasteiger partial charge in [-0.25, -0.2) is 4.39 Å². The summed E-state index contributed by atoms with van der Waals surface area (Å²) in [5.74, 6) is 0.607. The van der Waals surface area contributed by atoms with E-state index in [2.05, 4.69) is 10.4 Å². The van der Waals surface area contributed by atoms with E-state index in [-0.39, 0.29) is 12.5 Å². The number of aromatic nitrogens is 2. The van der Waals surface area contributed by atoms with E-state index in [1.54, 1.807) is 48.5 Å². The molecule has 0 saturated carbocycles. The highest BCUT2D eigenvalue weighted by Gasteiger charge is 2.10. The number of carbonyl (C=O) groups excluding carboxylic acids is 1. The zero-order chi connectivity index (χ0) is 23.2. The van der Waals surface area contributed by atoms with Crippen LogP contribution in [0.3, 0.4) is 0 Å². The molecule has 3 aromatic carbocycles. The average Bonchev–Trinajstić information content (AvgIpc) is 3.26. The molecule has 0 unspecified atom stereocenters. The quantitative estimate of drug-likeness (QED) is 0.370. The molecule has 0 bridgehead atoms. The summed E-state index contributed by atoms with van der Waals surface area (Å²) >= 11 is 6.08. The van der Waals surface area contributed by atoms with Crippen molar-refractivity contribution in [2.75, 3.05) is 12.4 Å². The van der Waals surface area contributed by atoms with Gasteiger partial charge >= 0.3 is 0 Å². The van der Waals surface area contributed by atoms with Gasteiger partial charge in [0, 0.05) is 16.8 Å². The van der Waals surface area contributed by atoms with Crippen molar-refractivity contribution in [1.29, 1.82) is 0 Å². The van der Waals surface area contributed by atoms with Crippen LogP contribution in [0, 0.1) is 5.82 Å². The molecule has 0 fully saturated rings. The Morgan fingerprint density at radius 2 is 1.91 bits per heavy atom. The number of carbonyl (C=O) groups is 1. The van der Waals surface area contributed by atoms with E-state index in [0.29, 0.717) is 34.3 Å². The van der Waals surface area contributed by atoms with Crippen LogP contribution in [0.2, 0.25) is 5.02 Å². The maximum atomic E-state index is 13.2. The topological polar surface area (TPSA) is 65.4 Å². The summed E-state index contributed by atoms with van der Waals surface area (Å²) in [7, 11) is 1.59. The zero-order valence-corrected chi connectivity index (χ0v) is 18.6. The van der Waals surface area contributed by atoms with Gasteiger partial charge in [-0.3, -0.25) is 9.48 Å². The molecule has 0 atom stereocenters. The van der Waals surface area contributed by atoms with E-state index in [1.165, 1.54) is 12.1 Å². The first-order valence-electron chi connectivity index (χ1n) is 10.1. The first-order valence-corrected chi connectivity index (χ1v) is 10.5. The van der Waals surface area contributed by atoms with Crippen molar-refractivity contribution in [3.05, 3.63) is 107 Å². The number of hydrogen-bond acceptors (Lipinski definition) is 4. The fourth-order valence-corrected chi connectivity index (χ4v) is 3.47. The van der Waals surface area contributed by atoms with Crippen LogP contribution in [0.4, 0.5) is 10.1 Å². The lowest BCUT2D eigenvalue weighted by molar-refractivity contribution is 0.102. The summed E-state index contributed by atoms with van der Waals surface area (Å²) in [6.45, 7) is 0.641. The number of rotatable bonds is 8. The Hall–Kier alpha value is -3.84. The summed E-state index contributed by atoms with van der Waals surface area (Å²) < 4.78 is 26.0. The van der Waals surface area contributed by atoms with Gasteiger partial charge in [0.15, 0.2) is 11.5 Å². The maximum Gasteiger partial charge on any atom is 0.255 e. The van der Waals surface area contributed by atoms with Crippen LogP contribution in [0.25, 0.3) is 0 Å². The predicted molar refractivity (Wildman–Crippen MR) is 124 cm³/mol. The van der Waals surface area contributed by atoms with Gasteiger partial charge < -0.3 is 14.8 Å². The molecule has 0 aliphatic heterocycles. The highest BCUT2D eigenvalue weighted by Crippen LogP contribution is 2.26. The van der Waals surface area contributed by atoms with Crippen LogP contribution in [-0.2, 0) is 13.2 Å². The molecule has 1 N–H and O–H groups in total. The van der Waals surface area contributed by atoms with E-state index < -0.39 is 5.82 Å². The highest BCUT2D eigenvalue weighted by molar-refractivity contribution is 6.31. The van der Waals surface area contributed by atoms with Gasteiger partial charge in [-0.15, -0.1) is 0 Å². The number of hydrogen-bond donors (Lipinski definition) is 1. The average molecular weight is 466 g/mol. The number of amides is 1. The second-order valence-corrected chi connectivity index (χ2v) is 7.66. The van der Waals surface area contributed by atoms with Gasteiger partial charge in [-0.05, 0) is 47.5 Å². The molecular weight excluding hydrogens is 445 g/mol. The number of halogens is 2. The molecular formula is C25H21ClFN3O3. The molecule has 4 aromatic rings. The number of methoxy groups -OCH3 is 1. The van der Waals surface area contributed by atoms with E-state index in [4.69, 9.17) is 21.1 Å². The first-order chi connectivity index (χ1) is 16.0. The second-order valence-electron chi connectivity index (χ2n) is 7.26. The van der Waals surface area contributed by atoms with E-state index in [9.17, 15) is 9.18 Å². The fourth-order valence-electron chi connectivity index (χ4n) is 3.24. The van der Waals surface area contributed by atoms with Gasteiger partial charge in [0.05, 0.1) is 25.5 Å².